The Kier molecular flexibility index (Phi) is 6.59. The van der Waals surface area contributed by atoms with E-state index in [4.69, 9.17) is 14.2 Å². The molecular weight excluding hydrogens is 354 g/mol. The zero-order valence-corrected chi connectivity index (χ0v) is 15.0. The predicted octanol–water partition coefficient (Wildman–Crippen LogP) is 1.51. The quantitative estimate of drug-likeness (QED) is 0.401. The molecule has 0 aliphatic heterocycles. The van der Waals surface area contributed by atoms with Crippen LogP contribution in [0.4, 0.5) is 5.69 Å². The van der Waals surface area contributed by atoms with E-state index in [9.17, 15) is 14.7 Å². The van der Waals surface area contributed by atoms with E-state index in [1.165, 1.54) is 27.5 Å². The SMILES string of the molecule is COc1ccc(NC(=O)C(=O)N/N=C\c2cccc(OC)c2O)c(OC)c1. The summed E-state index contributed by atoms with van der Waals surface area (Å²) in [5.74, 6) is -0.936. The number of rotatable bonds is 6. The summed E-state index contributed by atoms with van der Waals surface area (Å²) in [5, 5.41) is 16.0. The van der Waals surface area contributed by atoms with Gasteiger partial charge in [0.25, 0.3) is 0 Å². The molecule has 0 fully saturated rings. The maximum atomic E-state index is 12.0. The van der Waals surface area contributed by atoms with E-state index in [-0.39, 0.29) is 11.5 Å². The second-order valence-corrected chi connectivity index (χ2v) is 5.12. The van der Waals surface area contributed by atoms with Crippen molar-refractivity contribution >= 4 is 23.7 Å². The van der Waals surface area contributed by atoms with Gasteiger partial charge in [0.2, 0.25) is 0 Å². The number of benzene rings is 2. The lowest BCUT2D eigenvalue weighted by atomic mass is 10.2. The lowest BCUT2D eigenvalue weighted by molar-refractivity contribution is -0.136. The van der Waals surface area contributed by atoms with Crippen molar-refractivity contribution in [2.45, 2.75) is 0 Å². The number of aromatic hydroxyl groups is 1. The third-order valence-electron chi connectivity index (χ3n) is 3.48. The second-order valence-electron chi connectivity index (χ2n) is 5.12. The summed E-state index contributed by atoms with van der Waals surface area (Å²) in [6.45, 7) is 0. The highest BCUT2D eigenvalue weighted by atomic mass is 16.5. The van der Waals surface area contributed by atoms with Crippen LogP contribution in [0.3, 0.4) is 0 Å². The van der Waals surface area contributed by atoms with E-state index in [1.54, 1.807) is 36.4 Å². The Hall–Kier alpha value is -3.75. The summed E-state index contributed by atoms with van der Waals surface area (Å²) in [4.78, 5) is 23.9. The van der Waals surface area contributed by atoms with Crippen LogP contribution in [0.5, 0.6) is 23.0 Å². The summed E-state index contributed by atoms with van der Waals surface area (Å²) in [6.07, 6.45) is 1.19. The number of anilines is 1. The van der Waals surface area contributed by atoms with E-state index in [1.807, 2.05) is 0 Å². The van der Waals surface area contributed by atoms with Gasteiger partial charge in [-0.05, 0) is 24.3 Å². The highest BCUT2D eigenvalue weighted by Crippen LogP contribution is 2.29. The molecule has 2 rings (SSSR count). The summed E-state index contributed by atoms with van der Waals surface area (Å²) in [7, 11) is 4.34. The number of carbonyl (C=O) groups is 2. The van der Waals surface area contributed by atoms with Crippen LogP contribution >= 0.6 is 0 Å². The van der Waals surface area contributed by atoms with Gasteiger partial charge in [-0.15, -0.1) is 0 Å². The summed E-state index contributed by atoms with van der Waals surface area (Å²) in [6, 6.07) is 9.50. The molecule has 2 amide bonds. The van der Waals surface area contributed by atoms with Gasteiger partial charge in [0.05, 0.1) is 33.2 Å². The average molecular weight is 373 g/mol. The van der Waals surface area contributed by atoms with Crippen LogP contribution in [0.25, 0.3) is 0 Å². The molecule has 2 aromatic carbocycles. The van der Waals surface area contributed by atoms with Crippen molar-refractivity contribution in [2.75, 3.05) is 26.6 Å². The number of phenolic OH excluding ortho intramolecular Hbond substituents is 1. The van der Waals surface area contributed by atoms with Crippen LogP contribution in [0.15, 0.2) is 41.5 Å². The van der Waals surface area contributed by atoms with Gasteiger partial charge in [-0.2, -0.15) is 5.10 Å². The Bertz CT molecular complexity index is 866. The fraction of sp³-hybridized carbons (Fsp3) is 0.167. The van der Waals surface area contributed by atoms with Crippen molar-refractivity contribution in [1.82, 2.24) is 5.43 Å². The molecule has 9 heteroatoms. The number of phenols is 1. The minimum absolute atomic E-state index is 0.134. The Balaban J connectivity index is 2.01. The van der Waals surface area contributed by atoms with Crippen molar-refractivity contribution in [3.63, 3.8) is 0 Å². The highest BCUT2D eigenvalue weighted by molar-refractivity contribution is 6.39. The lowest BCUT2D eigenvalue weighted by Gasteiger charge is -2.10. The normalized spacial score (nSPS) is 10.3. The smallest absolute Gasteiger partial charge is 0.329 e. The molecule has 0 aromatic heterocycles. The zero-order valence-electron chi connectivity index (χ0n) is 15.0. The minimum atomic E-state index is -0.994. The second kappa shape index (κ2) is 9.09. The molecule has 0 aliphatic carbocycles. The molecule has 2 aromatic rings. The number of carbonyl (C=O) groups excluding carboxylic acids is 2. The van der Waals surface area contributed by atoms with E-state index >= 15 is 0 Å². The van der Waals surface area contributed by atoms with Crippen molar-refractivity contribution in [3.05, 3.63) is 42.0 Å². The molecule has 0 saturated carbocycles. The number of nitrogens with zero attached hydrogens (tertiary/aromatic N) is 1. The molecule has 0 aliphatic rings. The lowest BCUT2D eigenvalue weighted by Crippen LogP contribution is -2.32. The Labute approximate surface area is 155 Å². The maximum Gasteiger partial charge on any atom is 0.329 e. The van der Waals surface area contributed by atoms with Crippen molar-refractivity contribution < 1.29 is 28.9 Å². The molecule has 0 atom stereocenters. The Morgan fingerprint density at radius 1 is 1.00 bits per heavy atom. The van der Waals surface area contributed by atoms with Gasteiger partial charge in [0, 0.05) is 11.6 Å². The molecular formula is C18H19N3O6. The fourth-order valence-electron chi connectivity index (χ4n) is 2.10. The van der Waals surface area contributed by atoms with E-state index < -0.39 is 11.8 Å². The molecule has 0 saturated heterocycles. The van der Waals surface area contributed by atoms with E-state index in [0.717, 1.165) is 0 Å². The third kappa shape index (κ3) is 4.88. The largest absolute Gasteiger partial charge is 0.504 e. The molecule has 3 N–H and O–H groups in total. The number of hydrogen-bond acceptors (Lipinski definition) is 7. The molecule has 0 unspecified atom stereocenters. The first-order valence-electron chi connectivity index (χ1n) is 7.72. The number of methoxy groups -OCH3 is 3. The van der Waals surface area contributed by atoms with Crippen LogP contribution in [0.2, 0.25) is 0 Å². The third-order valence-corrected chi connectivity index (χ3v) is 3.48. The number of para-hydroxylation sites is 1. The van der Waals surface area contributed by atoms with E-state index in [0.29, 0.717) is 22.7 Å². The predicted molar refractivity (Wildman–Crippen MR) is 98.6 cm³/mol. The molecule has 0 radical (unpaired) electrons. The number of hydrazone groups is 1. The number of ether oxygens (including phenoxy) is 3. The molecule has 9 nitrogen and oxygen atoms in total. The standard InChI is InChI=1S/C18H19N3O6/c1-25-12-7-8-13(15(9-12)27-3)20-17(23)18(24)21-19-10-11-5-4-6-14(26-2)16(11)22/h4-10,22H,1-3H3,(H,20,23)(H,21,24)/b19-10-. The Morgan fingerprint density at radius 2 is 1.74 bits per heavy atom. The minimum Gasteiger partial charge on any atom is -0.504 e. The van der Waals surface area contributed by atoms with Crippen LogP contribution in [0.1, 0.15) is 5.56 Å². The molecule has 142 valence electrons. The number of hydrogen-bond donors (Lipinski definition) is 3. The van der Waals surface area contributed by atoms with Gasteiger partial charge in [0.1, 0.15) is 11.5 Å². The first-order chi connectivity index (χ1) is 13.0. The Morgan fingerprint density at radius 3 is 2.41 bits per heavy atom. The highest BCUT2D eigenvalue weighted by Gasteiger charge is 2.16. The van der Waals surface area contributed by atoms with Crippen molar-refractivity contribution in [1.29, 1.82) is 0 Å². The average Bonchev–Trinajstić information content (AvgIpc) is 2.69. The summed E-state index contributed by atoms with van der Waals surface area (Å²) < 4.78 is 15.2. The maximum absolute atomic E-state index is 12.0. The van der Waals surface area contributed by atoms with Crippen molar-refractivity contribution in [2.24, 2.45) is 5.10 Å². The molecule has 0 heterocycles. The van der Waals surface area contributed by atoms with Gasteiger partial charge in [-0.25, -0.2) is 5.43 Å². The fourth-order valence-corrected chi connectivity index (χ4v) is 2.10. The van der Waals surface area contributed by atoms with Crippen LogP contribution < -0.4 is 25.0 Å². The monoisotopic (exact) mass is 373 g/mol. The summed E-state index contributed by atoms with van der Waals surface area (Å²) in [5.41, 5.74) is 2.69. The summed E-state index contributed by atoms with van der Waals surface area (Å²) >= 11 is 0. The molecule has 0 bridgehead atoms. The molecule has 0 spiro atoms. The van der Waals surface area contributed by atoms with Crippen LogP contribution in [-0.2, 0) is 9.59 Å². The van der Waals surface area contributed by atoms with Gasteiger partial charge < -0.3 is 24.6 Å². The van der Waals surface area contributed by atoms with Gasteiger partial charge in [-0.3, -0.25) is 9.59 Å². The van der Waals surface area contributed by atoms with E-state index in [2.05, 4.69) is 15.8 Å². The first-order valence-corrected chi connectivity index (χ1v) is 7.72. The van der Waals surface area contributed by atoms with Gasteiger partial charge >= 0.3 is 11.8 Å². The number of nitrogens with one attached hydrogen (secondary N) is 2. The first kappa shape index (κ1) is 19.6. The number of amides is 2. The van der Waals surface area contributed by atoms with Crippen LogP contribution in [0, 0.1) is 0 Å². The molecule has 27 heavy (non-hydrogen) atoms. The van der Waals surface area contributed by atoms with Gasteiger partial charge in [0.15, 0.2) is 11.5 Å². The zero-order chi connectivity index (χ0) is 19.8. The van der Waals surface area contributed by atoms with Crippen molar-refractivity contribution in [3.8, 4) is 23.0 Å². The van der Waals surface area contributed by atoms with Crippen LogP contribution in [-0.4, -0.2) is 44.5 Å². The topological polar surface area (TPSA) is 118 Å². The van der Waals surface area contributed by atoms with Gasteiger partial charge in [-0.1, -0.05) is 6.07 Å².